The number of rotatable bonds is 5. The summed E-state index contributed by atoms with van der Waals surface area (Å²) in [7, 11) is 3.20. The van der Waals surface area contributed by atoms with E-state index < -0.39 is 0 Å². The van der Waals surface area contributed by atoms with Crippen molar-refractivity contribution in [2.24, 2.45) is 0 Å². The Labute approximate surface area is 163 Å². The van der Waals surface area contributed by atoms with E-state index in [9.17, 15) is 4.79 Å². The minimum atomic E-state index is -0.205. The van der Waals surface area contributed by atoms with Gasteiger partial charge in [-0.15, -0.1) is 11.3 Å². The average molecular weight is 391 g/mol. The monoisotopic (exact) mass is 390 g/mol. The van der Waals surface area contributed by atoms with Gasteiger partial charge in [-0.05, 0) is 51.8 Å². The number of carbonyl (C=O) groups is 1. The van der Waals surface area contributed by atoms with Crippen LogP contribution in [0.5, 0.6) is 11.5 Å². The molecule has 1 aliphatic heterocycles. The van der Waals surface area contributed by atoms with Crippen molar-refractivity contribution < 1.29 is 19.0 Å². The van der Waals surface area contributed by atoms with Crippen molar-refractivity contribution >= 4 is 17.2 Å². The number of nitrogens with one attached hydrogen (secondary N) is 1. The number of ether oxygens (including phenoxy) is 3. The predicted octanol–water partition coefficient (Wildman–Crippen LogP) is 3.82. The number of hydrogen-bond acceptors (Lipinski definition) is 6. The Balaban J connectivity index is 1.79. The van der Waals surface area contributed by atoms with Crippen LogP contribution in [0.1, 0.15) is 42.1 Å². The molecule has 1 fully saturated rings. The average Bonchev–Trinajstić information content (AvgIpc) is 3.02. The Morgan fingerprint density at radius 3 is 2.70 bits per heavy atom. The Morgan fingerprint density at radius 2 is 2.04 bits per heavy atom. The molecule has 146 valence electrons. The van der Waals surface area contributed by atoms with E-state index in [0.29, 0.717) is 23.0 Å². The van der Waals surface area contributed by atoms with E-state index in [0.717, 1.165) is 29.1 Å². The summed E-state index contributed by atoms with van der Waals surface area (Å²) in [5.74, 6) is 1.23. The number of methoxy groups -OCH3 is 2. The zero-order valence-electron chi connectivity index (χ0n) is 16.4. The minimum absolute atomic E-state index is 0.0700. The molecule has 0 aliphatic carbocycles. The lowest BCUT2D eigenvalue weighted by Gasteiger charge is -2.35. The van der Waals surface area contributed by atoms with Gasteiger partial charge in [0.05, 0.1) is 25.5 Å². The van der Waals surface area contributed by atoms with E-state index in [-0.39, 0.29) is 17.6 Å². The zero-order chi connectivity index (χ0) is 19.6. The summed E-state index contributed by atoms with van der Waals surface area (Å²) in [6.45, 7) is 6.64. The summed E-state index contributed by atoms with van der Waals surface area (Å²) in [6, 6.07) is 5.75. The van der Waals surface area contributed by atoms with Gasteiger partial charge in [0.15, 0.2) is 11.5 Å². The van der Waals surface area contributed by atoms with Crippen molar-refractivity contribution in [2.45, 2.75) is 45.3 Å². The van der Waals surface area contributed by atoms with E-state index in [2.05, 4.69) is 24.1 Å². The SMILES string of the molecule is COc1ccc(-c2nc(C)c(C(=O)N[C@@H]3CCOC(C)(C)C3)s2)cc1OC. The first-order valence-electron chi connectivity index (χ1n) is 8.97. The molecule has 0 spiro atoms. The van der Waals surface area contributed by atoms with Crippen molar-refractivity contribution in [3.05, 3.63) is 28.8 Å². The maximum Gasteiger partial charge on any atom is 0.263 e. The zero-order valence-corrected chi connectivity index (χ0v) is 17.2. The summed E-state index contributed by atoms with van der Waals surface area (Å²) < 4.78 is 16.4. The normalized spacial score (nSPS) is 18.8. The molecule has 0 saturated carbocycles. The minimum Gasteiger partial charge on any atom is -0.493 e. The van der Waals surface area contributed by atoms with Crippen LogP contribution < -0.4 is 14.8 Å². The van der Waals surface area contributed by atoms with Crippen LogP contribution in [0.25, 0.3) is 10.6 Å². The lowest BCUT2D eigenvalue weighted by molar-refractivity contribution is -0.0615. The summed E-state index contributed by atoms with van der Waals surface area (Å²) in [5.41, 5.74) is 1.42. The number of aromatic nitrogens is 1. The highest BCUT2D eigenvalue weighted by Gasteiger charge is 2.30. The Morgan fingerprint density at radius 1 is 1.30 bits per heavy atom. The first-order chi connectivity index (χ1) is 12.8. The fraction of sp³-hybridized carbons (Fsp3) is 0.500. The molecule has 3 rings (SSSR count). The van der Waals surface area contributed by atoms with Gasteiger partial charge in [0.25, 0.3) is 5.91 Å². The van der Waals surface area contributed by atoms with Crippen LogP contribution in [-0.4, -0.2) is 43.4 Å². The van der Waals surface area contributed by atoms with Crippen molar-refractivity contribution in [1.82, 2.24) is 10.3 Å². The van der Waals surface area contributed by atoms with Crippen LogP contribution in [0, 0.1) is 6.92 Å². The van der Waals surface area contributed by atoms with Gasteiger partial charge in [-0.1, -0.05) is 0 Å². The second-order valence-corrected chi connectivity index (χ2v) is 8.27. The molecule has 1 aromatic heterocycles. The van der Waals surface area contributed by atoms with E-state index in [1.54, 1.807) is 14.2 Å². The molecule has 0 radical (unpaired) electrons. The van der Waals surface area contributed by atoms with Crippen LogP contribution >= 0.6 is 11.3 Å². The summed E-state index contributed by atoms with van der Waals surface area (Å²) in [5, 5.41) is 3.93. The van der Waals surface area contributed by atoms with E-state index >= 15 is 0 Å². The van der Waals surface area contributed by atoms with Gasteiger partial charge < -0.3 is 19.5 Å². The van der Waals surface area contributed by atoms with Gasteiger partial charge >= 0.3 is 0 Å². The molecule has 7 heteroatoms. The quantitative estimate of drug-likeness (QED) is 0.840. The highest BCUT2D eigenvalue weighted by atomic mass is 32.1. The molecule has 6 nitrogen and oxygen atoms in total. The van der Waals surface area contributed by atoms with E-state index in [1.807, 2.05) is 25.1 Å². The van der Waals surface area contributed by atoms with Crippen molar-refractivity contribution in [1.29, 1.82) is 0 Å². The molecule has 1 aromatic carbocycles. The molecule has 1 aliphatic rings. The molecule has 27 heavy (non-hydrogen) atoms. The van der Waals surface area contributed by atoms with Crippen LogP contribution in [-0.2, 0) is 4.74 Å². The molecule has 1 atom stereocenters. The number of hydrogen-bond donors (Lipinski definition) is 1. The van der Waals surface area contributed by atoms with E-state index in [1.165, 1.54) is 11.3 Å². The lowest BCUT2D eigenvalue weighted by atomic mass is 9.94. The number of benzene rings is 1. The van der Waals surface area contributed by atoms with Crippen molar-refractivity contribution in [3.8, 4) is 22.1 Å². The highest BCUT2D eigenvalue weighted by Crippen LogP contribution is 2.35. The van der Waals surface area contributed by atoms with Crippen LogP contribution in [0.15, 0.2) is 18.2 Å². The molecular weight excluding hydrogens is 364 g/mol. The van der Waals surface area contributed by atoms with Gasteiger partial charge in [0.2, 0.25) is 0 Å². The van der Waals surface area contributed by atoms with Gasteiger partial charge in [0.1, 0.15) is 9.88 Å². The molecule has 1 amide bonds. The van der Waals surface area contributed by atoms with Crippen molar-refractivity contribution in [3.63, 3.8) is 0 Å². The Bertz CT molecular complexity index is 831. The number of amides is 1. The Hall–Kier alpha value is -2.12. The third kappa shape index (κ3) is 4.42. The molecule has 2 heterocycles. The first-order valence-corrected chi connectivity index (χ1v) is 9.79. The first kappa shape index (κ1) is 19.6. The maximum absolute atomic E-state index is 12.8. The number of nitrogens with zero attached hydrogens (tertiary/aromatic N) is 1. The molecule has 1 saturated heterocycles. The molecule has 2 aromatic rings. The van der Waals surface area contributed by atoms with E-state index in [4.69, 9.17) is 14.2 Å². The Kier molecular flexibility index (Phi) is 5.72. The van der Waals surface area contributed by atoms with Gasteiger partial charge in [-0.25, -0.2) is 4.98 Å². The summed E-state index contributed by atoms with van der Waals surface area (Å²) in [6.07, 6.45) is 1.63. The number of aryl methyl sites for hydroxylation is 1. The smallest absolute Gasteiger partial charge is 0.263 e. The topological polar surface area (TPSA) is 69.7 Å². The van der Waals surface area contributed by atoms with Gasteiger partial charge in [0, 0.05) is 18.2 Å². The summed E-state index contributed by atoms with van der Waals surface area (Å²) in [4.78, 5) is 18.0. The second-order valence-electron chi connectivity index (χ2n) is 7.27. The lowest BCUT2D eigenvalue weighted by Crippen LogP contribution is -2.45. The fourth-order valence-electron chi connectivity index (χ4n) is 3.31. The van der Waals surface area contributed by atoms with Gasteiger partial charge in [-0.2, -0.15) is 0 Å². The molecule has 0 unspecified atom stereocenters. The predicted molar refractivity (Wildman–Crippen MR) is 106 cm³/mol. The largest absolute Gasteiger partial charge is 0.493 e. The van der Waals surface area contributed by atoms with Crippen LogP contribution in [0.3, 0.4) is 0 Å². The molecular formula is C20H26N2O4S. The molecule has 1 N–H and O–H groups in total. The highest BCUT2D eigenvalue weighted by molar-refractivity contribution is 7.17. The number of thiazole rings is 1. The third-order valence-corrected chi connectivity index (χ3v) is 5.87. The number of carbonyl (C=O) groups excluding carboxylic acids is 1. The molecule has 0 bridgehead atoms. The van der Waals surface area contributed by atoms with Crippen molar-refractivity contribution in [2.75, 3.05) is 20.8 Å². The standard InChI is InChI=1S/C20H26N2O4S/c1-12-17(18(23)22-14-8-9-26-20(2,3)11-14)27-19(21-12)13-6-7-15(24-4)16(10-13)25-5/h6-7,10,14H,8-9,11H2,1-5H3,(H,22,23)/t14-/m1/s1. The summed E-state index contributed by atoms with van der Waals surface area (Å²) >= 11 is 1.39. The maximum atomic E-state index is 12.8. The fourth-order valence-corrected chi connectivity index (χ4v) is 4.27. The van der Waals surface area contributed by atoms with Crippen LogP contribution in [0.4, 0.5) is 0 Å². The third-order valence-electron chi connectivity index (χ3n) is 4.67. The van der Waals surface area contributed by atoms with Crippen LogP contribution in [0.2, 0.25) is 0 Å². The van der Waals surface area contributed by atoms with Gasteiger partial charge in [-0.3, -0.25) is 4.79 Å². The second kappa shape index (κ2) is 7.86.